The average Bonchev–Trinajstić information content (AvgIpc) is 2.76. The highest BCUT2D eigenvalue weighted by molar-refractivity contribution is 6.30. The number of carbonyl (C=O) groups is 1. The van der Waals surface area contributed by atoms with Gasteiger partial charge >= 0.3 is 0 Å². The summed E-state index contributed by atoms with van der Waals surface area (Å²) in [6, 6.07) is 7.34. The largest absolute Gasteiger partial charge is 0.392 e. The van der Waals surface area contributed by atoms with Crippen LogP contribution in [0.25, 0.3) is 0 Å². The number of hydrogen-bond donors (Lipinski definition) is 3. The predicted octanol–water partition coefficient (Wildman–Crippen LogP) is 1.14. The van der Waals surface area contributed by atoms with Crippen molar-refractivity contribution in [3.05, 3.63) is 34.9 Å². The Hall–Kier alpha value is -0.810. The summed E-state index contributed by atoms with van der Waals surface area (Å²) in [7, 11) is 0. The molecule has 3 N–H and O–H groups in total. The smallest absolute Gasteiger partial charge is 0.237 e. The van der Waals surface area contributed by atoms with E-state index in [9.17, 15) is 9.90 Å². The zero-order chi connectivity index (χ0) is 13.0. The van der Waals surface area contributed by atoms with Crippen LogP contribution in [-0.2, 0) is 11.2 Å². The molecule has 1 aromatic carbocycles. The third kappa shape index (κ3) is 4.99. The summed E-state index contributed by atoms with van der Waals surface area (Å²) in [6.45, 7) is 1.07. The minimum Gasteiger partial charge on any atom is -0.392 e. The van der Waals surface area contributed by atoms with Crippen molar-refractivity contribution in [2.75, 3.05) is 13.1 Å². The minimum atomic E-state index is -0.409. The van der Waals surface area contributed by atoms with Crippen molar-refractivity contribution in [2.24, 2.45) is 0 Å². The number of benzene rings is 1. The van der Waals surface area contributed by atoms with Gasteiger partial charge in [0.05, 0.1) is 12.1 Å². The topological polar surface area (TPSA) is 61.4 Å². The minimum absolute atomic E-state index is 0. The number of carbonyl (C=O) groups excluding carboxylic acids is 1. The Kier molecular flexibility index (Phi) is 6.58. The third-order valence-electron chi connectivity index (χ3n) is 3.03. The molecule has 0 spiro atoms. The summed E-state index contributed by atoms with van der Waals surface area (Å²) in [4.78, 5) is 11.7. The first-order valence-electron chi connectivity index (χ1n) is 6.09. The molecule has 1 amide bonds. The van der Waals surface area contributed by atoms with E-state index in [0.717, 1.165) is 12.0 Å². The second-order valence-corrected chi connectivity index (χ2v) is 4.96. The lowest BCUT2D eigenvalue weighted by atomic mass is 10.1. The molecule has 1 aliphatic rings. The van der Waals surface area contributed by atoms with Gasteiger partial charge in [-0.05, 0) is 30.5 Å². The van der Waals surface area contributed by atoms with Crippen molar-refractivity contribution >= 4 is 29.9 Å². The number of amides is 1. The fraction of sp³-hybridized carbons (Fsp3) is 0.462. The third-order valence-corrected chi connectivity index (χ3v) is 3.26. The van der Waals surface area contributed by atoms with Crippen LogP contribution in [0.15, 0.2) is 24.3 Å². The molecule has 1 aromatic rings. The maximum Gasteiger partial charge on any atom is 0.237 e. The second-order valence-electron chi connectivity index (χ2n) is 4.52. The molecule has 19 heavy (non-hydrogen) atoms. The summed E-state index contributed by atoms with van der Waals surface area (Å²) in [5.41, 5.74) is 1.10. The lowest BCUT2D eigenvalue weighted by Gasteiger charge is -2.11. The summed E-state index contributed by atoms with van der Waals surface area (Å²) in [5, 5.41) is 15.9. The molecule has 1 saturated heterocycles. The van der Waals surface area contributed by atoms with Crippen LogP contribution in [0.3, 0.4) is 0 Å². The zero-order valence-corrected chi connectivity index (χ0v) is 12.0. The Morgan fingerprint density at radius 2 is 2.32 bits per heavy atom. The van der Waals surface area contributed by atoms with Crippen LogP contribution in [0, 0.1) is 0 Å². The van der Waals surface area contributed by atoms with Crippen molar-refractivity contribution < 1.29 is 9.90 Å². The van der Waals surface area contributed by atoms with Crippen LogP contribution in [0.5, 0.6) is 0 Å². The quantitative estimate of drug-likeness (QED) is 0.782. The normalized spacial score (nSPS) is 21.8. The zero-order valence-electron chi connectivity index (χ0n) is 10.4. The van der Waals surface area contributed by atoms with E-state index in [-0.39, 0.29) is 24.4 Å². The van der Waals surface area contributed by atoms with Gasteiger partial charge in [-0.2, -0.15) is 0 Å². The Morgan fingerprint density at radius 1 is 1.53 bits per heavy atom. The molecule has 2 atom stereocenters. The van der Waals surface area contributed by atoms with Crippen molar-refractivity contribution in [1.82, 2.24) is 10.6 Å². The van der Waals surface area contributed by atoms with Gasteiger partial charge in [0.15, 0.2) is 0 Å². The van der Waals surface area contributed by atoms with E-state index in [4.69, 9.17) is 11.6 Å². The Labute approximate surface area is 123 Å². The molecule has 0 aromatic heterocycles. The summed E-state index contributed by atoms with van der Waals surface area (Å²) in [6.07, 6.45) is 0.832. The van der Waals surface area contributed by atoms with E-state index >= 15 is 0 Å². The number of rotatable bonds is 4. The van der Waals surface area contributed by atoms with E-state index in [2.05, 4.69) is 10.6 Å². The van der Waals surface area contributed by atoms with Crippen molar-refractivity contribution in [3.8, 4) is 0 Å². The summed E-state index contributed by atoms with van der Waals surface area (Å²) in [5.74, 6) is -0.0476. The highest BCUT2D eigenvalue weighted by Gasteiger charge is 2.27. The van der Waals surface area contributed by atoms with Crippen LogP contribution in [-0.4, -0.2) is 36.2 Å². The molecule has 6 heteroatoms. The fourth-order valence-electron chi connectivity index (χ4n) is 2.06. The first-order chi connectivity index (χ1) is 8.65. The summed E-state index contributed by atoms with van der Waals surface area (Å²) < 4.78 is 0. The average molecular weight is 305 g/mol. The van der Waals surface area contributed by atoms with Crippen LogP contribution in [0.1, 0.15) is 12.0 Å². The van der Waals surface area contributed by atoms with Gasteiger partial charge in [-0.1, -0.05) is 23.7 Å². The number of hydrogen-bond acceptors (Lipinski definition) is 3. The number of β-amino-alcohol motifs (C(OH)–C–C–N with tert-alkyl or cyclic N) is 1. The van der Waals surface area contributed by atoms with E-state index < -0.39 is 6.10 Å². The first-order valence-corrected chi connectivity index (χ1v) is 6.46. The van der Waals surface area contributed by atoms with E-state index in [1.54, 1.807) is 0 Å². The van der Waals surface area contributed by atoms with Gasteiger partial charge in [0.1, 0.15) is 0 Å². The Bertz CT molecular complexity index is 429. The van der Waals surface area contributed by atoms with Gasteiger partial charge in [-0.3, -0.25) is 4.79 Å². The van der Waals surface area contributed by atoms with Gasteiger partial charge < -0.3 is 15.7 Å². The van der Waals surface area contributed by atoms with Gasteiger partial charge in [-0.25, -0.2) is 0 Å². The number of aliphatic hydroxyl groups excluding tert-OH is 1. The molecule has 1 heterocycles. The van der Waals surface area contributed by atoms with Gasteiger partial charge in [0.2, 0.25) is 5.91 Å². The number of aliphatic hydroxyl groups is 1. The SMILES string of the molecule is Cl.O=C(NCCc1cccc(Cl)c1)C1CC(O)CN1. The molecule has 4 nitrogen and oxygen atoms in total. The molecule has 1 fully saturated rings. The standard InChI is InChI=1S/C13H17ClN2O2.ClH/c14-10-3-1-2-9(6-10)4-5-15-13(18)12-7-11(17)8-16-12;/h1-3,6,11-12,16-17H,4-5,7-8H2,(H,15,18);1H. The molecule has 1 aliphatic heterocycles. The maximum absolute atomic E-state index is 11.7. The van der Waals surface area contributed by atoms with Crippen molar-refractivity contribution in [2.45, 2.75) is 25.0 Å². The van der Waals surface area contributed by atoms with Crippen molar-refractivity contribution in [3.63, 3.8) is 0 Å². The van der Waals surface area contributed by atoms with E-state index in [1.165, 1.54) is 0 Å². The van der Waals surface area contributed by atoms with Crippen LogP contribution in [0.4, 0.5) is 0 Å². The highest BCUT2D eigenvalue weighted by atomic mass is 35.5. The molecule has 0 bridgehead atoms. The molecule has 0 aliphatic carbocycles. The van der Waals surface area contributed by atoms with Crippen LogP contribution < -0.4 is 10.6 Å². The molecular weight excluding hydrogens is 287 g/mol. The maximum atomic E-state index is 11.7. The monoisotopic (exact) mass is 304 g/mol. The predicted molar refractivity (Wildman–Crippen MR) is 77.8 cm³/mol. The summed E-state index contributed by atoms with van der Waals surface area (Å²) >= 11 is 5.88. The van der Waals surface area contributed by atoms with E-state index in [1.807, 2.05) is 24.3 Å². The number of halogens is 2. The molecule has 2 rings (SSSR count). The molecule has 0 saturated carbocycles. The Balaban J connectivity index is 0.00000180. The Morgan fingerprint density at radius 3 is 2.95 bits per heavy atom. The molecule has 2 unspecified atom stereocenters. The van der Waals surface area contributed by atoms with E-state index in [0.29, 0.717) is 24.5 Å². The molecule has 0 radical (unpaired) electrons. The van der Waals surface area contributed by atoms with Crippen LogP contribution >= 0.6 is 24.0 Å². The lowest BCUT2D eigenvalue weighted by Crippen LogP contribution is -2.41. The van der Waals surface area contributed by atoms with Crippen LogP contribution in [0.2, 0.25) is 5.02 Å². The van der Waals surface area contributed by atoms with Gasteiger partial charge in [0.25, 0.3) is 0 Å². The number of nitrogens with one attached hydrogen (secondary N) is 2. The molecule has 106 valence electrons. The highest BCUT2D eigenvalue weighted by Crippen LogP contribution is 2.11. The van der Waals surface area contributed by atoms with Crippen molar-refractivity contribution in [1.29, 1.82) is 0 Å². The first kappa shape index (κ1) is 16.2. The second kappa shape index (κ2) is 7.70. The molecular formula is C13H18Cl2N2O2. The lowest BCUT2D eigenvalue weighted by molar-refractivity contribution is -0.122. The fourth-order valence-corrected chi connectivity index (χ4v) is 2.28. The van der Waals surface area contributed by atoms with Gasteiger partial charge in [0, 0.05) is 18.1 Å². The van der Waals surface area contributed by atoms with Gasteiger partial charge in [-0.15, -0.1) is 12.4 Å².